The summed E-state index contributed by atoms with van der Waals surface area (Å²) in [5.41, 5.74) is 1.66. The second-order valence-electron chi connectivity index (χ2n) is 5.05. The van der Waals surface area contributed by atoms with Crippen molar-refractivity contribution in [1.82, 2.24) is 4.57 Å². The number of hydrogen-bond donors (Lipinski definition) is 0. The number of benzene rings is 1. The summed E-state index contributed by atoms with van der Waals surface area (Å²) in [7, 11) is 1.32. The second-order valence-corrected chi connectivity index (χ2v) is 5.62. The van der Waals surface area contributed by atoms with Gasteiger partial charge in [0.15, 0.2) is 0 Å². The van der Waals surface area contributed by atoms with Crippen molar-refractivity contribution in [2.75, 3.05) is 7.11 Å². The van der Waals surface area contributed by atoms with Gasteiger partial charge < -0.3 is 18.0 Å². The van der Waals surface area contributed by atoms with E-state index >= 15 is 0 Å². The van der Waals surface area contributed by atoms with Crippen LogP contribution in [0.15, 0.2) is 41.2 Å². The van der Waals surface area contributed by atoms with Crippen LogP contribution < -0.4 is 9.74 Å². The van der Waals surface area contributed by atoms with Crippen LogP contribution in [0, 0.1) is 6.92 Å². The molecule has 0 amide bonds. The first-order valence-corrected chi connectivity index (χ1v) is 8.07. The Morgan fingerprint density at radius 1 is 1.25 bits per heavy atom. The molecular formula is C16H16NO6S-. The lowest BCUT2D eigenvalue weighted by Gasteiger charge is -2.13. The van der Waals surface area contributed by atoms with Gasteiger partial charge in [0.2, 0.25) is 0 Å². The van der Waals surface area contributed by atoms with Crippen LogP contribution in [0.5, 0.6) is 5.75 Å². The molecule has 0 fully saturated rings. The minimum Gasteiger partial charge on any atom is -0.740 e. The molecule has 1 unspecified atom stereocenters. The summed E-state index contributed by atoms with van der Waals surface area (Å²) >= 11 is -2.72. The highest BCUT2D eigenvalue weighted by molar-refractivity contribution is 7.74. The minimum absolute atomic E-state index is 0.00971. The van der Waals surface area contributed by atoms with Gasteiger partial charge in [-0.1, -0.05) is 12.1 Å². The summed E-state index contributed by atoms with van der Waals surface area (Å²) in [6.45, 7) is 2.12. The van der Waals surface area contributed by atoms with Crippen LogP contribution >= 0.6 is 0 Å². The van der Waals surface area contributed by atoms with Crippen molar-refractivity contribution in [3.63, 3.8) is 0 Å². The zero-order valence-electron chi connectivity index (χ0n) is 13.2. The number of carbonyl (C=O) groups excluding carboxylic acids is 1. The lowest BCUT2D eigenvalue weighted by molar-refractivity contribution is 0.0600. The monoisotopic (exact) mass is 350 g/mol. The predicted octanol–water partition coefficient (Wildman–Crippen LogP) is 1.36. The van der Waals surface area contributed by atoms with Gasteiger partial charge >= 0.3 is 5.97 Å². The molecule has 0 spiro atoms. The van der Waals surface area contributed by atoms with E-state index < -0.39 is 17.3 Å². The summed E-state index contributed by atoms with van der Waals surface area (Å²) in [4.78, 5) is 23.4. The summed E-state index contributed by atoms with van der Waals surface area (Å²) < 4.78 is 31.7. The third-order valence-corrected chi connectivity index (χ3v) is 3.80. The normalized spacial score (nSPS) is 11.8. The molecule has 0 N–H and O–H groups in total. The Morgan fingerprint density at radius 2 is 1.92 bits per heavy atom. The van der Waals surface area contributed by atoms with Crippen LogP contribution in [-0.4, -0.2) is 26.4 Å². The van der Waals surface area contributed by atoms with Crippen LogP contribution in [0.2, 0.25) is 0 Å². The van der Waals surface area contributed by atoms with Crippen molar-refractivity contribution in [1.29, 1.82) is 0 Å². The third kappa shape index (κ3) is 4.53. The van der Waals surface area contributed by atoms with Crippen LogP contribution in [0.4, 0.5) is 0 Å². The Balaban J connectivity index is 2.10. The molecule has 0 bridgehead atoms. The lowest BCUT2D eigenvalue weighted by atomic mass is 10.1. The van der Waals surface area contributed by atoms with Gasteiger partial charge in [0.25, 0.3) is 5.56 Å². The first-order valence-electron chi connectivity index (χ1n) is 7.07. The standard InChI is InChI=1S/C16H17NO6S/c1-11-9-14(23-24(20)21)10-15(18)17(11)8-7-12-3-5-13(6-4-12)16(19)22-2/h3-6,9-10H,7-8H2,1-2H3,(H,20,21)/p-1. The number of pyridine rings is 1. The quantitative estimate of drug-likeness (QED) is 0.576. The fraction of sp³-hybridized carbons (Fsp3) is 0.250. The van der Waals surface area contributed by atoms with Gasteiger partial charge in [-0.25, -0.2) is 9.00 Å². The first kappa shape index (κ1) is 17.9. The molecular weight excluding hydrogens is 334 g/mol. The number of aryl methyl sites for hydroxylation is 2. The Kier molecular flexibility index (Phi) is 5.88. The molecule has 0 saturated heterocycles. The Hall–Kier alpha value is -2.45. The van der Waals surface area contributed by atoms with Crippen molar-refractivity contribution in [2.45, 2.75) is 19.9 Å². The average molecular weight is 350 g/mol. The fourth-order valence-corrected chi connectivity index (χ4v) is 2.53. The molecule has 8 heteroatoms. The molecule has 1 atom stereocenters. The lowest BCUT2D eigenvalue weighted by Crippen LogP contribution is -2.23. The number of methoxy groups -OCH3 is 1. The topological polar surface area (TPSA) is 97.7 Å². The largest absolute Gasteiger partial charge is 0.740 e. The van der Waals surface area contributed by atoms with E-state index in [1.54, 1.807) is 31.2 Å². The summed E-state index contributed by atoms with van der Waals surface area (Å²) in [6.07, 6.45) is 0.579. The highest BCUT2D eigenvalue weighted by Gasteiger charge is 2.07. The molecule has 1 aromatic carbocycles. The van der Waals surface area contributed by atoms with Gasteiger partial charge in [0, 0.05) is 24.4 Å². The van der Waals surface area contributed by atoms with Crippen molar-refractivity contribution < 1.29 is 22.5 Å². The smallest absolute Gasteiger partial charge is 0.337 e. The highest BCUT2D eigenvalue weighted by Crippen LogP contribution is 2.12. The Morgan fingerprint density at radius 3 is 2.46 bits per heavy atom. The molecule has 2 aromatic rings. The molecule has 0 saturated carbocycles. The molecule has 0 aliphatic heterocycles. The molecule has 128 valence electrons. The van der Waals surface area contributed by atoms with Gasteiger partial charge in [-0.05, 0) is 31.0 Å². The zero-order valence-corrected chi connectivity index (χ0v) is 14.0. The maximum atomic E-state index is 12.1. The number of aromatic nitrogens is 1. The molecule has 2 rings (SSSR count). The van der Waals surface area contributed by atoms with E-state index in [0.717, 1.165) is 11.6 Å². The van der Waals surface area contributed by atoms with Crippen LogP contribution in [0.3, 0.4) is 0 Å². The van der Waals surface area contributed by atoms with Crippen LogP contribution in [0.1, 0.15) is 21.6 Å². The van der Waals surface area contributed by atoms with Crippen molar-refractivity contribution in [3.05, 3.63) is 63.6 Å². The summed E-state index contributed by atoms with van der Waals surface area (Å²) in [5.74, 6) is -0.413. The zero-order chi connectivity index (χ0) is 17.7. The molecule has 7 nitrogen and oxygen atoms in total. The molecule has 1 heterocycles. The van der Waals surface area contributed by atoms with Gasteiger partial charge in [0.1, 0.15) is 17.1 Å². The number of hydrogen-bond acceptors (Lipinski definition) is 6. The molecule has 1 aromatic heterocycles. The molecule has 0 radical (unpaired) electrons. The number of esters is 1. The van der Waals surface area contributed by atoms with E-state index in [-0.39, 0.29) is 11.3 Å². The van der Waals surface area contributed by atoms with E-state index in [0.29, 0.717) is 24.2 Å². The number of ether oxygens (including phenoxy) is 1. The van der Waals surface area contributed by atoms with E-state index in [2.05, 4.69) is 8.92 Å². The third-order valence-electron chi connectivity index (χ3n) is 3.47. The van der Waals surface area contributed by atoms with Gasteiger partial charge in [-0.2, -0.15) is 0 Å². The summed E-state index contributed by atoms with van der Waals surface area (Å²) in [6, 6.07) is 9.53. The Labute approximate surface area is 141 Å². The van der Waals surface area contributed by atoms with E-state index in [1.165, 1.54) is 17.7 Å². The Bertz CT molecular complexity index is 812. The van der Waals surface area contributed by atoms with Crippen molar-refractivity contribution in [3.8, 4) is 5.75 Å². The van der Waals surface area contributed by atoms with Crippen LogP contribution in [-0.2, 0) is 29.1 Å². The summed E-state index contributed by atoms with van der Waals surface area (Å²) in [5, 5.41) is 0. The number of carbonyl (C=O) groups is 1. The molecule has 0 aliphatic carbocycles. The van der Waals surface area contributed by atoms with Crippen molar-refractivity contribution in [2.24, 2.45) is 0 Å². The highest BCUT2D eigenvalue weighted by atomic mass is 32.2. The van der Waals surface area contributed by atoms with E-state index in [9.17, 15) is 18.4 Å². The second kappa shape index (κ2) is 7.89. The predicted molar refractivity (Wildman–Crippen MR) is 86.5 cm³/mol. The SMILES string of the molecule is COC(=O)c1ccc(CCn2c(C)cc(OS(=O)[O-])cc2=O)cc1. The molecule has 24 heavy (non-hydrogen) atoms. The van der Waals surface area contributed by atoms with Crippen molar-refractivity contribution >= 4 is 17.3 Å². The van der Waals surface area contributed by atoms with Gasteiger partial charge in [-0.15, -0.1) is 0 Å². The maximum Gasteiger partial charge on any atom is 0.337 e. The number of nitrogens with zero attached hydrogens (tertiary/aromatic N) is 1. The fourth-order valence-electron chi connectivity index (χ4n) is 2.28. The maximum absolute atomic E-state index is 12.1. The number of rotatable bonds is 6. The van der Waals surface area contributed by atoms with E-state index in [1.807, 2.05) is 0 Å². The van der Waals surface area contributed by atoms with Crippen LogP contribution in [0.25, 0.3) is 0 Å². The average Bonchev–Trinajstić information content (AvgIpc) is 2.53. The van der Waals surface area contributed by atoms with Gasteiger partial charge in [0.05, 0.1) is 12.7 Å². The van der Waals surface area contributed by atoms with E-state index in [4.69, 9.17) is 0 Å². The minimum atomic E-state index is -2.72. The molecule has 0 aliphatic rings. The van der Waals surface area contributed by atoms with Gasteiger partial charge in [-0.3, -0.25) is 4.79 Å². The first-order chi connectivity index (χ1) is 11.4.